The maximum absolute atomic E-state index is 11.6. The SMILES string of the molecule is CC1CCCN1C(=O)N[C@H](CO)C(=O)O. The molecule has 0 spiro atoms. The van der Waals surface area contributed by atoms with E-state index in [1.165, 1.54) is 0 Å². The minimum Gasteiger partial charge on any atom is -0.480 e. The van der Waals surface area contributed by atoms with E-state index >= 15 is 0 Å². The van der Waals surface area contributed by atoms with Gasteiger partial charge in [0.15, 0.2) is 6.04 Å². The summed E-state index contributed by atoms with van der Waals surface area (Å²) < 4.78 is 0. The molecule has 15 heavy (non-hydrogen) atoms. The zero-order chi connectivity index (χ0) is 11.4. The molecule has 0 aromatic rings. The molecule has 1 saturated heterocycles. The molecule has 0 radical (unpaired) electrons. The Labute approximate surface area is 87.9 Å². The van der Waals surface area contributed by atoms with E-state index in [0.717, 1.165) is 12.8 Å². The van der Waals surface area contributed by atoms with E-state index in [0.29, 0.717) is 6.54 Å². The second kappa shape index (κ2) is 4.97. The van der Waals surface area contributed by atoms with Crippen LogP contribution >= 0.6 is 0 Å². The lowest BCUT2D eigenvalue weighted by molar-refractivity contribution is -0.140. The normalized spacial score (nSPS) is 22.5. The van der Waals surface area contributed by atoms with Crippen LogP contribution < -0.4 is 5.32 Å². The fraction of sp³-hybridized carbons (Fsp3) is 0.778. The lowest BCUT2D eigenvalue weighted by Gasteiger charge is -2.23. The van der Waals surface area contributed by atoms with Crippen molar-refractivity contribution < 1.29 is 19.8 Å². The number of hydrogen-bond donors (Lipinski definition) is 3. The van der Waals surface area contributed by atoms with Gasteiger partial charge in [0, 0.05) is 12.6 Å². The number of carbonyl (C=O) groups is 2. The summed E-state index contributed by atoms with van der Waals surface area (Å²) in [6.07, 6.45) is 1.87. The Bertz CT molecular complexity index is 256. The standard InChI is InChI=1S/C9H16N2O4/c1-6-3-2-4-11(6)9(15)10-7(5-12)8(13)14/h6-7,12H,2-5H2,1H3,(H,10,15)(H,13,14)/t6?,7-/m1/s1. The molecule has 1 unspecified atom stereocenters. The molecule has 0 aliphatic carbocycles. The third-order valence-corrected chi connectivity index (χ3v) is 2.59. The van der Waals surface area contributed by atoms with E-state index in [4.69, 9.17) is 10.2 Å². The first-order valence-electron chi connectivity index (χ1n) is 4.97. The van der Waals surface area contributed by atoms with E-state index < -0.39 is 24.6 Å². The summed E-state index contributed by atoms with van der Waals surface area (Å²) in [5.41, 5.74) is 0. The number of nitrogens with zero attached hydrogens (tertiary/aromatic N) is 1. The highest BCUT2D eigenvalue weighted by Gasteiger charge is 2.28. The molecule has 6 heteroatoms. The number of rotatable bonds is 3. The van der Waals surface area contributed by atoms with Crippen LogP contribution in [0.15, 0.2) is 0 Å². The van der Waals surface area contributed by atoms with Gasteiger partial charge in [-0.25, -0.2) is 9.59 Å². The molecule has 1 aliphatic rings. The summed E-state index contributed by atoms with van der Waals surface area (Å²) in [5, 5.41) is 19.7. The van der Waals surface area contributed by atoms with Gasteiger partial charge in [-0.3, -0.25) is 0 Å². The van der Waals surface area contributed by atoms with Crippen LogP contribution in [0.5, 0.6) is 0 Å². The molecular weight excluding hydrogens is 200 g/mol. The van der Waals surface area contributed by atoms with Crippen LogP contribution in [0.2, 0.25) is 0 Å². The van der Waals surface area contributed by atoms with Gasteiger partial charge in [0.05, 0.1) is 6.61 Å². The summed E-state index contributed by atoms with van der Waals surface area (Å²) in [5.74, 6) is -1.22. The Kier molecular flexibility index (Phi) is 3.90. The number of nitrogens with one attached hydrogen (secondary N) is 1. The lowest BCUT2D eigenvalue weighted by atomic mass is 10.2. The van der Waals surface area contributed by atoms with Crippen molar-refractivity contribution in [2.75, 3.05) is 13.2 Å². The highest BCUT2D eigenvalue weighted by molar-refractivity contribution is 5.82. The van der Waals surface area contributed by atoms with Crippen molar-refractivity contribution in [1.82, 2.24) is 10.2 Å². The van der Waals surface area contributed by atoms with Crippen LogP contribution in [0.4, 0.5) is 4.79 Å². The smallest absolute Gasteiger partial charge is 0.328 e. The van der Waals surface area contributed by atoms with Gasteiger partial charge in [-0.1, -0.05) is 0 Å². The number of likely N-dealkylation sites (tertiary alicyclic amines) is 1. The number of hydrogen-bond acceptors (Lipinski definition) is 3. The van der Waals surface area contributed by atoms with Gasteiger partial charge in [-0.2, -0.15) is 0 Å². The van der Waals surface area contributed by atoms with Crippen LogP contribution in [-0.4, -0.2) is 52.3 Å². The quantitative estimate of drug-likeness (QED) is 0.600. The average molecular weight is 216 g/mol. The first-order chi connectivity index (χ1) is 7.06. The zero-order valence-corrected chi connectivity index (χ0v) is 8.64. The van der Waals surface area contributed by atoms with Crippen LogP contribution in [0.25, 0.3) is 0 Å². The number of aliphatic carboxylic acids is 1. The molecule has 1 aliphatic heterocycles. The van der Waals surface area contributed by atoms with Crippen molar-refractivity contribution in [1.29, 1.82) is 0 Å². The third kappa shape index (κ3) is 2.82. The topological polar surface area (TPSA) is 89.9 Å². The summed E-state index contributed by atoms with van der Waals surface area (Å²) in [6.45, 7) is 1.97. The van der Waals surface area contributed by atoms with E-state index in [9.17, 15) is 9.59 Å². The predicted molar refractivity (Wildman–Crippen MR) is 52.4 cm³/mol. The van der Waals surface area contributed by atoms with E-state index in [-0.39, 0.29) is 6.04 Å². The Balaban J connectivity index is 2.50. The Morgan fingerprint density at radius 3 is 2.67 bits per heavy atom. The van der Waals surface area contributed by atoms with Crippen molar-refractivity contribution >= 4 is 12.0 Å². The minimum absolute atomic E-state index is 0.137. The minimum atomic E-state index is -1.22. The predicted octanol–water partition coefficient (Wildman–Crippen LogP) is -0.374. The average Bonchev–Trinajstić information content (AvgIpc) is 2.60. The molecule has 1 rings (SSSR count). The molecule has 0 saturated carbocycles. The molecule has 1 heterocycles. The van der Waals surface area contributed by atoms with E-state index in [2.05, 4.69) is 5.32 Å². The summed E-state index contributed by atoms with van der Waals surface area (Å²) in [4.78, 5) is 23.7. The van der Waals surface area contributed by atoms with Crippen molar-refractivity contribution in [2.45, 2.75) is 31.8 Å². The molecule has 2 amide bonds. The van der Waals surface area contributed by atoms with Crippen molar-refractivity contribution in [3.63, 3.8) is 0 Å². The number of urea groups is 1. The number of carboxylic acid groups (broad SMARTS) is 1. The molecule has 0 aromatic heterocycles. The Hall–Kier alpha value is -1.30. The Morgan fingerprint density at radius 2 is 2.27 bits per heavy atom. The largest absolute Gasteiger partial charge is 0.480 e. The van der Waals surface area contributed by atoms with Crippen molar-refractivity contribution in [2.24, 2.45) is 0 Å². The van der Waals surface area contributed by atoms with Gasteiger partial charge in [-0.15, -0.1) is 0 Å². The van der Waals surface area contributed by atoms with Gasteiger partial charge in [0.2, 0.25) is 0 Å². The Morgan fingerprint density at radius 1 is 1.60 bits per heavy atom. The number of amides is 2. The number of carbonyl (C=O) groups excluding carboxylic acids is 1. The van der Waals surface area contributed by atoms with Gasteiger partial charge in [0.1, 0.15) is 0 Å². The lowest BCUT2D eigenvalue weighted by Crippen LogP contribution is -2.50. The molecule has 0 aromatic carbocycles. The number of aliphatic hydroxyl groups excluding tert-OH is 1. The van der Waals surface area contributed by atoms with E-state index in [1.54, 1.807) is 4.90 Å². The molecule has 2 atom stereocenters. The molecule has 6 nitrogen and oxygen atoms in total. The summed E-state index contributed by atoms with van der Waals surface area (Å²) >= 11 is 0. The molecule has 0 bridgehead atoms. The third-order valence-electron chi connectivity index (χ3n) is 2.59. The van der Waals surface area contributed by atoms with Gasteiger partial charge in [0.25, 0.3) is 0 Å². The van der Waals surface area contributed by atoms with Crippen molar-refractivity contribution in [3.8, 4) is 0 Å². The molecule has 3 N–H and O–H groups in total. The number of aliphatic hydroxyl groups is 1. The van der Waals surface area contributed by atoms with Crippen molar-refractivity contribution in [3.05, 3.63) is 0 Å². The molecular formula is C9H16N2O4. The van der Waals surface area contributed by atoms with Crippen LogP contribution in [0.1, 0.15) is 19.8 Å². The zero-order valence-electron chi connectivity index (χ0n) is 8.64. The fourth-order valence-corrected chi connectivity index (χ4v) is 1.65. The van der Waals surface area contributed by atoms with E-state index in [1.807, 2.05) is 6.92 Å². The maximum atomic E-state index is 11.6. The van der Waals surface area contributed by atoms with Crippen LogP contribution in [-0.2, 0) is 4.79 Å². The molecule has 86 valence electrons. The van der Waals surface area contributed by atoms with Gasteiger partial charge < -0.3 is 20.4 Å². The van der Waals surface area contributed by atoms with Crippen LogP contribution in [0, 0.1) is 0 Å². The number of carboxylic acids is 1. The first-order valence-corrected chi connectivity index (χ1v) is 4.97. The second-order valence-electron chi connectivity index (χ2n) is 3.71. The first kappa shape index (κ1) is 11.8. The highest BCUT2D eigenvalue weighted by Crippen LogP contribution is 2.16. The summed E-state index contributed by atoms with van der Waals surface area (Å²) in [6, 6.07) is -1.50. The molecule has 1 fully saturated rings. The fourth-order valence-electron chi connectivity index (χ4n) is 1.65. The second-order valence-corrected chi connectivity index (χ2v) is 3.71. The van der Waals surface area contributed by atoms with Gasteiger partial charge in [-0.05, 0) is 19.8 Å². The highest BCUT2D eigenvalue weighted by atomic mass is 16.4. The van der Waals surface area contributed by atoms with Crippen LogP contribution in [0.3, 0.4) is 0 Å². The maximum Gasteiger partial charge on any atom is 0.328 e. The van der Waals surface area contributed by atoms with Gasteiger partial charge >= 0.3 is 12.0 Å². The summed E-state index contributed by atoms with van der Waals surface area (Å²) in [7, 11) is 0. The monoisotopic (exact) mass is 216 g/mol.